The summed E-state index contributed by atoms with van der Waals surface area (Å²) in [6.45, 7) is 0.617. The van der Waals surface area contributed by atoms with Gasteiger partial charge in [0, 0.05) is 11.6 Å². The minimum atomic E-state index is -4.74. The summed E-state index contributed by atoms with van der Waals surface area (Å²) >= 11 is 6.22. The van der Waals surface area contributed by atoms with Crippen molar-refractivity contribution in [3.63, 3.8) is 0 Å². The lowest BCUT2D eigenvalue weighted by molar-refractivity contribution is -0.274. The van der Waals surface area contributed by atoms with Gasteiger partial charge in [-0.2, -0.15) is 0 Å². The summed E-state index contributed by atoms with van der Waals surface area (Å²) in [4.78, 5) is 4.74. The number of imidazole rings is 1. The summed E-state index contributed by atoms with van der Waals surface area (Å²) < 4.78 is 55.2. The second kappa shape index (κ2) is 7.94. The molecular formula is C23H16ClF3N2O3. The number of alkyl halides is 3. The van der Waals surface area contributed by atoms with Crippen LogP contribution in [-0.4, -0.2) is 22.5 Å². The first kappa shape index (κ1) is 20.5. The molecule has 0 N–H and O–H groups in total. The second-order valence-electron chi connectivity index (χ2n) is 7.25. The van der Waals surface area contributed by atoms with Crippen molar-refractivity contribution in [2.45, 2.75) is 19.0 Å². The SMILES string of the molecule is FC(F)(F)Oc1ccc(Cn2c(C3COc4ccccc4O3)nc3ccc(Cl)cc32)cc1. The van der Waals surface area contributed by atoms with E-state index in [-0.39, 0.29) is 12.4 Å². The first-order valence-corrected chi connectivity index (χ1v) is 10.1. The number of halogens is 4. The van der Waals surface area contributed by atoms with E-state index in [4.69, 9.17) is 26.1 Å². The third-order valence-electron chi connectivity index (χ3n) is 5.03. The van der Waals surface area contributed by atoms with Crippen LogP contribution in [0.5, 0.6) is 17.2 Å². The molecule has 0 amide bonds. The van der Waals surface area contributed by atoms with Gasteiger partial charge in [0.1, 0.15) is 12.4 Å². The zero-order chi connectivity index (χ0) is 22.3. The Balaban J connectivity index is 1.50. The monoisotopic (exact) mass is 460 g/mol. The number of hydrogen-bond donors (Lipinski definition) is 0. The smallest absolute Gasteiger partial charge is 0.485 e. The fourth-order valence-corrected chi connectivity index (χ4v) is 3.82. The van der Waals surface area contributed by atoms with Crippen molar-refractivity contribution in [2.24, 2.45) is 0 Å². The Morgan fingerprint density at radius 3 is 2.53 bits per heavy atom. The second-order valence-corrected chi connectivity index (χ2v) is 7.68. The van der Waals surface area contributed by atoms with Gasteiger partial charge in [-0.25, -0.2) is 4.98 Å². The predicted molar refractivity (Wildman–Crippen MR) is 112 cm³/mol. The number of rotatable bonds is 4. The van der Waals surface area contributed by atoms with Gasteiger partial charge in [-0.3, -0.25) is 0 Å². The molecule has 2 heterocycles. The summed E-state index contributed by atoms with van der Waals surface area (Å²) in [6.07, 6.45) is -5.20. The van der Waals surface area contributed by atoms with Crippen molar-refractivity contribution in [2.75, 3.05) is 6.61 Å². The van der Waals surface area contributed by atoms with Crippen LogP contribution in [0.1, 0.15) is 17.5 Å². The molecule has 9 heteroatoms. The van der Waals surface area contributed by atoms with Crippen LogP contribution in [0.15, 0.2) is 66.7 Å². The molecule has 0 spiro atoms. The maximum Gasteiger partial charge on any atom is 0.573 e. The molecule has 3 aromatic carbocycles. The van der Waals surface area contributed by atoms with Crippen LogP contribution in [-0.2, 0) is 6.54 Å². The van der Waals surface area contributed by atoms with Gasteiger partial charge >= 0.3 is 6.36 Å². The highest BCUT2D eigenvalue weighted by atomic mass is 35.5. The van der Waals surface area contributed by atoms with E-state index in [1.165, 1.54) is 12.1 Å². The molecule has 4 aromatic rings. The van der Waals surface area contributed by atoms with Crippen LogP contribution in [0.2, 0.25) is 5.02 Å². The summed E-state index contributed by atoms with van der Waals surface area (Å²) in [6, 6.07) is 18.5. The minimum Gasteiger partial charge on any atom is -0.485 e. The van der Waals surface area contributed by atoms with Crippen molar-refractivity contribution in [1.29, 1.82) is 0 Å². The molecule has 0 saturated heterocycles. The van der Waals surface area contributed by atoms with E-state index in [1.54, 1.807) is 24.3 Å². The highest BCUT2D eigenvalue weighted by molar-refractivity contribution is 6.31. The van der Waals surface area contributed by atoms with Gasteiger partial charge < -0.3 is 18.8 Å². The van der Waals surface area contributed by atoms with Gasteiger partial charge in [0.25, 0.3) is 0 Å². The normalized spacial score (nSPS) is 15.7. The molecule has 0 aliphatic carbocycles. The Bertz CT molecular complexity index is 1270. The molecule has 0 saturated carbocycles. The first-order chi connectivity index (χ1) is 15.4. The van der Waals surface area contributed by atoms with Gasteiger partial charge in [-0.15, -0.1) is 13.2 Å². The van der Waals surface area contributed by atoms with E-state index in [0.29, 0.717) is 28.9 Å². The predicted octanol–water partition coefficient (Wildman–Crippen LogP) is 6.15. The molecule has 1 atom stereocenters. The van der Waals surface area contributed by atoms with Crippen molar-refractivity contribution in [3.8, 4) is 17.2 Å². The van der Waals surface area contributed by atoms with Gasteiger partial charge in [-0.05, 0) is 48.0 Å². The van der Waals surface area contributed by atoms with Crippen LogP contribution in [0, 0.1) is 0 Å². The Hall–Kier alpha value is -3.39. The van der Waals surface area contributed by atoms with Crippen LogP contribution < -0.4 is 14.2 Å². The fraction of sp³-hybridized carbons (Fsp3) is 0.174. The zero-order valence-corrected chi connectivity index (χ0v) is 17.2. The maximum absolute atomic E-state index is 12.5. The molecular weight excluding hydrogens is 445 g/mol. The van der Waals surface area contributed by atoms with E-state index in [0.717, 1.165) is 16.6 Å². The molecule has 5 nitrogen and oxygen atoms in total. The molecule has 164 valence electrons. The zero-order valence-electron chi connectivity index (χ0n) is 16.5. The molecule has 32 heavy (non-hydrogen) atoms. The molecule has 0 bridgehead atoms. The maximum atomic E-state index is 12.5. The summed E-state index contributed by atoms with van der Waals surface area (Å²) in [5.74, 6) is 1.64. The van der Waals surface area contributed by atoms with Gasteiger partial charge in [0.15, 0.2) is 23.4 Å². The van der Waals surface area contributed by atoms with Crippen LogP contribution >= 0.6 is 11.6 Å². The largest absolute Gasteiger partial charge is 0.573 e. The number of ether oxygens (including phenoxy) is 3. The molecule has 5 rings (SSSR count). The number of hydrogen-bond acceptors (Lipinski definition) is 4. The standard InChI is InChI=1S/C23H16ClF3N2O3/c24-15-7-10-17-18(11-15)29(12-14-5-8-16(9-6-14)32-23(25,26)27)22(28-17)21-13-30-19-3-1-2-4-20(19)31-21/h1-11,21H,12-13H2. The molecule has 1 aromatic heterocycles. The lowest BCUT2D eigenvalue weighted by Gasteiger charge is -2.26. The summed E-state index contributed by atoms with van der Waals surface area (Å²) in [5, 5.41) is 0.547. The topological polar surface area (TPSA) is 45.5 Å². The highest BCUT2D eigenvalue weighted by Gasteiger charge is 2.31. The summed E-state index contributed by atoms with van der Waals surface area (Å²) in [5.41, 5.74) is 2.27. The van der Waals surface area contributed by atoms with E-state index >= 15 is 0 Å². The Morgan fingerprint density at radius 1 is 1.03 bits per heavy atom. The molecule has 0 fully saturated rings. The minimum absolute atomic E-state index is 0.270. The number of fused-ring (bicyclic) bond motifs is 2. The molecule has 1 aliphatic heterocycles. The fourth-order valence-electron chi connectivity index (χ4n) is 3.65. The van der Waals surface area contributed by atoms with Crippen molar-refractivity contribution in [3.05, 3.63) is 83.1 Å². The van der Waals surface area contributed by atoms with Gasteiger partial charge in [0.05, 0.1) is 11.0 Å². The van der Waals surface area contributed by atoms with E-state index in [2.05, 4.69) is 4.74 Å². The molecule has 1 unspecified atom stereocenters. The summed E-state index contributed by atoms with van der Waals surface area (Å²) in [7, 11) is 0. The number of para-hydroxylation sites is 2. The highest BCUT2D eigenvalue weighted by Crippen LogP contribution is 2.37. The Morgan fingerprint density at radius 2 is 1.78 bits per heavy atom. The van der Waals surface area contributed by atoms with Crippen LogP contribution in [0.3, 0.4) is 0 Å². The van der Waals surface area contributed by atoms with Crippen LogP contribution in [0.25, 0.3) is 11.0 Å². The van der Waals surface area contributed by atoms with E-state index in [1.807, 2.05) is 34.9 Å². The van der Waals surface area contributed by atoms with Crippen LogP contribution in [0.4, 0.5) is 13.2 Å². The van der Waals surface area contributed by atoms with E-state index in [9.17, 15) is 13.2 Å². The number of benzene rings is 3. The third kappa shape index (κ3) is 4.18. The van der Waals surface area contributed by atoms with Crippen molar-refractivity contribution >= 4 is 22.6 Å². The first-order valence-electron chi connectivity index (χ1n) is 9.74. The lowest BCUT2D eigenvalue weighted by Crippen LogP contribution is -2.25. The number of aromatic nitrogens is 2. The average molecular weight is 461 g/mol. The Labute approximate surface area is 185 Å². The van der Waals surface area contributed by atoms with Crippen molar-refractivity contribution < 1.29 is 27.4 Å². The quantitative estimate of drug-likeness (QED) is 0.366. The van der Waals surface area contributed by atoms with E-state index < -0.39 is 12.5 Å². The Kier molecular flexibility index (Phi) is 5.09. The lowest BCUT2D eigenvalue weighted by atomic mass is 10.2. The third-order valence-corrected chi connectivity index (χ3v) is 5.27. The average Bonchev–Trinajstić information content (AvgIpc) is 3.11. The number of nitrogens with zero attached hydrogens (tertiary/aromatic N) is 2. The molecule has 0 radical (unpaired) electrons. The van der Waals surface area contributed by atoms with Crippen molar-refractivity contribution in [1.82, 2.24) is 9.55 Å². The van der Waals surface area contributed by atoms with Gasteiger partial charge in [-0.1, -0.05) is 35.9 Å². The molecule has 1 aliphatic rings. The van der Waals surface area contributed by atoms with Gasteiger partial charge in [0.2, 0.25) is 0 Å².